The van der Waals surface area contributed by atoms with E-state index < -0.39 is 0 Å². The Bertz CT molecular complexity index is 411. The Morgan fingerprint density at radius 2 is 2.29 bits per heavy atom. The third-order valence-corrected chi connectivity index (χ3v) is 2.68. The van der Waals surface area contributed by atoms with Crippen molar-refractivity contribution >= 4 is 0 Å². The van der Waals surface area contributed by atoms with Crippen molar-refractivity contribution in [2.24, 2.45) is 0 Å². The number of nitrogens with one attached hydrogen (secondary N) is 1. The predicted molar refractivity (Wildman–Crippen MR) is 69.1 cm³/mol. The normalized spacial score (nSPS) is 14.7. The second-order valence-electron chi connectivity index (χ2n) is 4.80. The Hall–Kier alpha value is -1.35. The number of rotatable bonds is 6. The van der Waals surface area contributed by atoms with Crippen LogP contribution in [0.15, 0.2) is 24.3 Å². The lowest BCUT2D eigenvalue weighted by atomic mass is 10.2. The molecule has 0 bridgehead atoms. The van der Waals surface area contributed by atoms with Gasteiger partial charge in [0.15, 0.2) is 0 Å². The van der Waals surface area contributed by atoms with Crippen LogP contribution in [0.4, 0.5) is 0 Å². The zero-order valence-electron chi connectivity index (χ0n) is 10.6. The lowest BCUT2D eigenvalue weighted by Crippen LogP contribution is -2.17. The predicted octanol–water partition coefficient (Wildman–Crippen LogP) is 2.60. The molecule has 1 aromatic heterocycles. The molecule has 1 N–H and O–H groups in total. The number of ether oxygens (including phenoxy) is 1. The van der Waals surface area contributed by atoms with E-state index in [-0.39, 0.29) is 0 Å². The summed E-state index contributed by atoms with van der Waals surface area (Å²) < 4.78 is 5.70. The van der Waals surface area contributed by atoms with Crippen LogP contribution in [-0.2, 0) is 6.54 Å². The van der Waals surface area contributed by atoms with Crippen LogP contribution in [0.1, 0.15) is 31.2 Å². The van der Waals surface area contributed by atoms with Crippen molar-refractivity contribution in [1.82, 2.24) is 10.3 Å². The van der Waals surface area contributed by atoms with Gasteiger partial charge < -0.3 is 10.1 Å². The highest BCUT2D eigenvalue weighted by Crippen LogP contribution is 2.22. The number of aryl methyl sites for hydroxylation is 1. The second kappa shape index (κ2) is 5.32. The minimum Gasteiger partial charge on any atom is -0.487 e. The molecule has 0 atom stereocenters. The first-order valence-electron chi connectivity index (χ1n) is 6.12. The quantitative estimate of drug-likeness (QED) is 0.765. The summed E-state index contributed by atoms with van der Waals surface area (Å²) in [5.74, 6) is 0.867. The molecule has 92 valence electrons. The van der Waals surface area contributed by atoms with E-state index in [1.54, 1.807) is 0 Å². The van der Waals surface area contributed by atoms with E-state index in [0.29, 0.717) is 12.6 Å². The number of pyridine rings is 1. The molecule has 3 nitrogen and oxygen atoms in total. The Morgan fingerprint density at radius 1 is 1.53 bits per heavy atom. The highest BCUT2D eigenvalue weighted by molar-refractivity contribution is 5.29. The minimum absolute atomic E-state index is 0.557. The van der Waals surface area contributed by atoms with E-state index in [1.807, 2.05) is 26.0 Å². The first-order valence-corrected chi connectivity index (χ1v) is 6.12. The van der Waals surface area contributed by atoms with Gasteiger partial charge in [0.25, 0.3) is 0 Å². The van der Waals surface area contributed by atoms with Gasteiger partial charge >= 0.3 is 0 Å². The third kappa shape index (κ3) is 3.86. The molecule has 0 aliphatic heterocycles. The monoisotopic (exact) mass is 232 g/mol. The van der Waals surface area contributed by atoms with Crippen molar-refractivity contribution in [2.45, 2.75) is 39.3 Å². The van der Waals surface area contributed by atoms with Crippen LogP contribution in [0.5, 0.6) is 5.75 Å². The molecule has 0 saturated heterocycles. The summed E-state index contributed by atoms with van der Waals surface area (Å²) in [6.45, 7) is 9.15. The number of nitrogens with zero attached hydrogens (tertiary/aromatic N) is 1. The smallest absolute Gasteiger partial charge is 0.142 e. The van der Waals surface area contributed by atoms with Crippen molar-refractivity contribution in [3.8, 4) is 5.75 Å². The molecule has 3 heteroatoms. The third-order valence-electron chi connectivity index (χ3n) is 2.68. The van der Waals surface area contributed by atoms with Crippen LogP contribution in [0.2, 0.25) is 0 Å². The van der Waals surface area contributed by atoms with Crippen molar-refractivity contribution in [2.75, 3.05) is 6.61 Å². The first-order chi connectivity index (χ1) is 8.15. The van der Waals surface area contributed by atoms with E-state index in [2.05, 4.69) is 16.9 Å². The molecular weight excluding hydrogens is 212 g/mol. The summed E-state index contributed by atoms with van der Waals surface area (Å²) in [4.78, 5) is 4.53. The number of aromatic nitrogens is 1. The fourth-order valence-corrected chi connectivity index (χ4v) is 1.59. The van der Waals surface area contributed by atoms with E-state index in [1.165, 1.54) is 12.8 Å². The van der Waals surface area contributed by atoms with Gasteiger partial charge in [-0.3, -0.25) is 4.98 Å². The Morgan fingerprint density at radius 3 is 2.94 bits per heavy atom. The molecule has 0 unspecified atom stereocenters. The second-order valence-corrected chi connectivity index (χ2v) is 4.80. The van der Waals surface area contributed by atoms with Gasteiger partial charge in [0.05, 0.1) is 5.69 Å². The molecule has 17 heavy (non-hydrogen) atoms. The largest absolute Gasteiger partial charge is 0.487 e. The topological polar surface area (TPSA) is 34.1 Å². The maximum Gasteiger partial charge on any atom is 0.142 e. The van der Waals surface area contributed by atoms with Crippen LogP contribution in [-0.4, -0.2) is 17.6 Å². The first kappa shape index (κ1) is 12.1. The fourth-order valence-electron chi connectivity index (χ4n) is 1.59. The lowest BCUT2D eigenvalue weighted by molar-refractivity contribution is 0.345. The molecule has 2 rings (SSSR count). The minimum atomic E-state index is 0.557. The molecule has 1 aliphatic rings. The average molecular weight is 232 g/mol. The number of hydrogen-bond donors (Lipinski definition) is 1. The summed E-state index contributed by atoms with van der Waals surface area (Å²) in [5.41, 5.74) is 3.05. The average Bonchev–Trinajstić information content (AvgIpc) is 3.08. The van der Waals surface area contributed by atoms with Crippen molar-refractivity contribution in [1.29, 1.82) is 0 Å². The molecule has 0 spiro atoms. The Kier molecular flexibility index (Phi) is 3.79. The van der Waals surface area contributed by atoms with Crippen molar-refractivity contribution < 1.29 is 4.74 Å². The van der Waals surface area contributed by atoms with Crippen LogP contribution in [0.3, 0.4) is 0 Å². The highest BCUT2D eigenvalue weighted by Gasteiger charge is 2.21. The molecule has 1 heterocycles. The fraction of sp³-hybridized carbons (Fsp3) is 0.500. The van der Waals surface area contributed by atoms with Crippen LogP contribution in [0, 0.1) is 6.92 Å². The Balaban J connectivity index is 2.02. The SMILES string of the molecule is C=C(C)COc1ccc(C)nc1CNC1CC1. The van der Waals surface area contributed by atoms with E-state index in [9.17, 15) is 0 Å². The van der Waals surface area contributed by atoms with Gasteiger partial charge in [-0.1, -0.05) is 6.58 Å². The summed E-state index contributed by atoms with van der Waals surface area (Å²) in [7, 11) is 0. The molecular formula is C14H20N2O. The zero-order chi connectivity index (χ0) is 12.3. The van der Waals surface area contributed by atoms with Crippen LogP contribution >= 0.6 is 0 Å². The standard InChI is InChI=1S/C14H20N2O/c1-10(2)9-17-14-7-4-11(3)16-13(14)8-15-12-5-6-12/h4,7,12,15H,1,5-6,8-9H2,2-3H3. The van der Waals surface area contributed by atoms with Gasteiger partial charge in [0.1, 0.15) is 12.4 Å². The molecule has 0 aromatic carbocycles. The maximum absolute atomic E-state index is 5.70. The maximum atomic E-state index is 5.70. The van der Waals surface area contributed by atoms with Gasteiger partial charge in [-0.2, -0.15) is 0 Å². The van der Waals surface area contributed by atoms with E-state index in [0.717, 1.165) is 29.3 Å². The molecule has 0 radical (unpaired) electrons. The lowest BCUT2D eigenvalue weighted by Gasteiger charge is -2.12. The highest BCUT2D eigenvalue weighted by atomic mass is 16.5. The molecule has 1 aliphatic carbocycles. The van der Waals surface area contributed by atoms with Crippen LogP contribution in [0.25, 0.3) is 0 Å². The van der Waals surface area contributed by atoms with E-state index in [4.69, 9.17) is 4.74 Å². The van der Waals surface area contributed by atoms with Gasteiger partial charge in [0, 0.05) is 18.3 Å². The van der Waals surface area contributed by atoms with E-state index >= 15 is 0 Å². The van der Waals surface area contributed by atoms with Gasteiger partial charge in [-0.05, 0) is 44.4 Å². The summed E-state index contributed by atoms with van der Waals surface area (Å²) in [6.07, 6.45) is 2.57. The van der Waals surface area contributed by atoms with Crippen molar-refractivity contribution in [3.05, 3.63) is 35.7 Å². The molecule has 1 aromatic rings. The van der Waals surface area contributed by atoms with Crippen molar-refractivity contribution in [3.63, 3.8) is 0 Å². The molecule has 1 saturated carbocycles. The summed E-state index contributed by atoms with van der Waals surface area (Å²) in [5, 5.41) is 3.46. The van der Waals surface area contributed by atoms with Gasteiger partial charge in [-0.25, -0.2) is 0 Å². The number of hydrogen-bond acceptors (Lipinski definition) is 3. The van der Waals surface area contributed by atoms with Gasteiger partial charge in [-0.15, -0.1) is 0 Å². The summed E-state index contributed by atoms with van der Waals surface area (Å²) >= 11 is 0. The molecule has 1 fully saturated rings. The zero-order valence-corrected chi connectivity index (χ0v) is 10.6. The van der Waals surface area contributed by atoms with Gasteiger partial charge in [0.2, 0.25) is 0 Å². The summed E-state index contributed by atoms with van der Waals surface area (Å²) in [6, 6.07) is 4.66. The molecule has 0 amide bonds. The van der Waals surface area contributed by atoms with Crippen LogP contribution < -0.4 is 10.1 Å². The Labute approximate surface area is 103 Å².